The summed E-state index contributed by atoms with van der Waals surface area (Å²) in [5.74, 6) is 0.729. The van der Waals surface area contributed by atoms with Crippen LogP contribution in [0.2, 0.25) is 0 Å². The number of nitroso groups, excluding NO2 is 1. The third-order valence-electron chi connectivity index (χ3n) is 5.58. The Morgan fingerprint density at radius 1 is 0.781 bits per heavy atom. The molecule has 0 radical (unpaired) electrons. The number of rotatable bonds is 2. The molecule has 0 aliphatic carbocycles. The molecule has 5 aromatic carbocycles. The van der Waals surface area contributed by atoms with E-state index in [0.717, 1.165) is 44.1 Å². The van der Waals surface area contributed by atoms with E-state index in [1.165, 1.54) is 10.8 Å². The first-order chi connectivity index (χ1) is 15.7. The molecule has 0 saturated carbocycles. The van der Waals surface area contributed by atoms with E-state index in [9.17, 15) is 4.91 Å². The largest absolute Gasteiger partial charge is 0.497 e. The van der Waals surface area contributed by atoms with Crippen LogP contribution in [0.15, 0.2) is 101 Å². The van der Waals surface area contributed by atoms with Crippen LogP contribution in [0, 0.1) is 4.91 Å². The van der Waals surface area contributed by atoms with Gasteiger partial charge in [0.05, 0.1) is 7.11 Å². The fourth-order valence-electron chi connectivity index (χ4n) is 4.04. The molecule has 0 unspecified atom stereocenters. The van der Waals surface area contributed by atoms with Crippen molar-refractivity contribution in [3.8, 4) is 5.75 Å². The molecule has 5 nitrogen and oxygen atoms in total. The molecule has 0 fully saturated rings. The number of anilines is 1. The molecule has 1 heterocycles. The van der Waals surface area contributed by atoms with Gasteiger partial charge >= 0.3 is 0 Å². The number of nitrogens with two attached hydrogens (primary N) is 1. The van der Waals surface area contributed by atoms with E-state index in [-0.39, 0.29) is 0 Å². The lowest BCUT2D eigenvalue weighted by molar-refractivity contribution is 0.415. The van der Waals surface area contributed by atoms with Gasteiger partial charge in [-0.15, -0.1) is 4.91 Å². The molecule has 0 amide bonds. The highest BCUT2D eigenvalue weighted by atomic mass is 16.5. The third kappa shape index (κ3) is 3.30. The SMILES string of the molecule is COc1ccc(N=O)cc1.Nc1cc2c(oc3ccc4ccccc4c32)c2ccccc12. The Labute approximate surface area is 184 Å². The van der Waals surface area contributed by atoms with Gasteiger partial charge in [-0.3, -0.25) is 0 Å². The Morgan fingerprint density at radius 2 is 1.47 bits per heavy atom. The number of nitrogens with zero attached hydrogens (tertiary/aromatic N) is 1. The first-order valence-corrected chi connectivity index (χ1v) is 10.2. The molecule has 0 aliphatic heterocycles. The van der Waals surface area contributed by atoms with E-state index in [0.29, 0.717) is 5.69 Å². The number of nitrogen functional groups attached to an aromatic ring is 1. The van der Waals surface area contributed by atoms with Crippen LogP contribution in [0.1, 0.15) is 0 Å². The lowest BCUT2D eigenvalue weighted by atomic mass is 10.0. The highest BCUT2D eigenvalue weighted by molar-refractivity contribution is 6.24. The van der Waals surface area contributed by atoms with Gasteiger partial charge in [-0.25, -0.2) is 0 Å². The van der Waals surface area contributed by atoms with Gasteiger partial charge in [0.2, 0.25) is 0 Å². The summed E-state index contributed by atoms with van der Waals surface area (Å²) >= 11 is 0. The fourth-order valence-corrected chi connectivity index (χ4v) is 4.04. The van der Waals surface area contributed by atoms with Crippen LogP contribution >= 0.6 is 0 Å². The third-order valence-corrected chi connectivity index (χ3v) is 5.58. The number of hydrogen-bond acceptors (Lipinski definition) is 5. The molecule has 0 atom stereocenters. The highest BCUT2D eigenvalue weighted by Gasteiger charge is 2.14. The number of furan rings is 1. The van der Waals surface area contributed by atoms with E-state index in [1.54, 1.807) is 31.4 Å². The number of hydrogen-bond donors (Lipinski definition) is 1. The lowest BCUT2D eigenvalue weighted by Crippen LogP contribution is -1.86. The summed E-state index contributed by atoms with van der Waals surface area (Å²) in [7, 11) is 1.57. The van der Waals surface area contributed by atoms with Crippen LogP contribution < -0.4 is 10.5 Å². The molecule has 156 valence electrons. The standard InChI is InChI=1S/C20H13NO.C7H7NO2/c21-17-11-16-19-13-6-2-1-5-12(13)9-10-18(19)22-20(16)15-8-4-3-7-14(15)17;1-10-7-4-2-6(8-9)3-5-7/h1-11H,21H2;2-5H,1H3. The molecule has 0 saturated heterocycles. The molecule has 0 spiro atoms. The van der Waals surface area contributed by atoms with Crippen LogP contribution in [0.25, 0.3) is 43.5 Å². The molecule has 2 N–H and O–H groups in total. The average Bonchev–Trinajstić information content (AvgIpc) is 3.24. The van der Waals surface area contributed by atoms with E-state index >= 15 is 0 Å². The van der Waals surface area contributed by atoms with Crippen LogP contribution in [-0.2, 0) is 0 Å². The molecular weight excluding hydrogens is 400 g/mol. The summed E-state index contributed by atoms with van der Waals surface area (Å²) in [5, 5.41) is 9.49. The molecule has 32 heavy (non-hydrogen) atoms. The van der Waals surface area contributed by atoms with Crippen molar-refractivity contribution in [2.24, 2.45) is 5.18 Å². The Balaban J connectivity index is 0.000000183. The summed E-state index contributed by atoms with van der Waals surface area (Å²) in [4.78, 5) is 9.92. The summed E-state index contributed by atoms with van der Waals surface area (Å²) in [6.45, 7) is 0. The van der Waals surface area contributed by atoms with Gasteiger partial charge in [0.15, 0.2) is 0 Å². The quantitative estimate of drug-likeness (QED) is 0.231. The second-order valence-electron chi connectivity index (χ2n) is 7.44. The normalized spacial score (nSPS) is 10.9. The number of benzene rings is 5. The predicted molar refractivity (Wildman–Crippen MR) is 132 cm³/mol. The molecule has 6 aromatic rings. The van der Waals surface area contributed by atoms with Crippen LogP contribution in [-0.4, -0.2) is 7.11 Å². The van der Waals surface area contributed by atoms with Crippen molar-refractivity contribution in [2.45, 2.75) is 0 Å². The zero-order chi connectivity index (χ0) is 22.1. The second kappa shape index (κ2) is 8.04. The molecule has 1 aromatic heterocycles. The zero-order valence-electron chi connectivity index (χ0n) is 17.4. The first kappa shape index (κ1) is 19.6. The Hall–Kier alpha value is -4.38. The highest BCUT2D eigenvalue weighted by Crippen LogP contribution is 2.39. The minimum atomic E-state index is 0.417. The summed E-state index contributed by atoms with van der Waals surface area (Å²) in [6.07, 6.45) is 0. The molecular formula is C27H20N2O3. The van der Waals surface area contributed by atoms with Gasteiger partial charge in [0, 0.05) is 27.2 Å². The van der Waals surface area contributed by atoms with Gasteiger partial charge in [-0.2, -0.15) is 0 Å². The van der Waals surface area contributed by atoms with Crippen molar-refractivity contribution in [1.82, 2.24) is 0 Å². The Morgan fingerprint density at radius 3 is 2.19 bits per heavy atom. The summed E-state index contributed by atoms with van der Waals surface area (Å²) in [5.41, 5.74) is 9.30. The molecule has 5 heteroatoms. The van der Waals surface area contributed by atoms with Crippen molar-refractivity contribution in [2.75, 3.05) is 12.8 Å². The van der Waals surface area contributed by atoms with Crippen LogP contribution in [0.4, 0.5) is 11.4 Å². The van der Waals surface area contributed by atoms with E-state index in [2.05, 4.69) is 41.6 Å². The summed E-state index contributed by atoms with van der Waals surface area (Å²) in [6, 6.07) is 29.3. The second-order valence-corrected chi connectivity index (χ2v) is 7.44. The molecule has 0 aliphatic rings. The average molecular weight is 420 g/mol. The monoisotopic (exact) mass is 420 g/mol. The minimum absolute atomic E-state index is 0.417. The van der Waals surface area contributed by atoms with Gasteiger partial charge < -0.3 is 14.9 Å². The van der Waals surface area contributed by atoms with Crippen LogP contribution in [0.5, 0.6) is 5.75 Å². The van der Waals surface area contributed by atoms with Gasteiger partial charge in [-0.1, -0.05) is 54.6 Å². The van der Waals surface area contributed by atoms with Crippen molar-refractivity contribution in [1.29, 1.82) is 0 Å². The smallest absolute Gasteiger partial charge is 0.143 e. The number of methoxy groups -OCH3 is 1. The minimum Gasteiger partial charge on any atom is -0.497 e. The lowest BCUT2D eigenvalue weighted by Gasteiger charge is -2.03. The van der Waals surface area contributed by atoms with Gasteiger partial charge in [0.25, 0.3) is 0 Å². The number of ether oxygens (including phenoxy) is 1. The maximum absolute atomic E-state index is 9.92. The molecule has 0 bridgehead atoms. The van der Waals surface area contributed by atoms with Crippen molar-refractivity contribution < 1.29 is 9.15 Å². The summed E-state index contributed by atoms with van der Waals surface area (Å²) < 4.78 is 11.0. The maximum Gasteiger partial charge on any atom is 0.143 e. The topological polar surface area (TPSA) is 77.8 Å². The van der Waals surface area contributed by atoms with Crippen molar-refractivity contribution in [3.05, 3.63) is 95.9 Å². The fraction of sp³-hybridized carbons (Fsp3) is 0.0370. The Bertz CT molecular complexity index is 1580. The van der Waals surface area contributed by atoms with Gasteiger partial charge in [-0.05, 0) is 52.3 Å². The van der Waals surface area contributed by atoms with Gasteiger partial charge in [0.1, 0.15) is 22.6 Å². The molecule has 6 rings (SSSR count). The van der Waals surface area contributed by atoms with Crippen molar-refractivity contribution in [3.63, 3.8) is 0 Å². The first-order valence-electron chi connectivity index (χ1n) is 10.2. The Kier molecular flexibility index (Phi) is 4.92. The van der Waals surface area contributed by atoms with Crippen LogP contribution in [0.3, 0.4) is 0 Å². The van der Waals surface area contributed by atoms with E-state index in [4.69, 9.17) is 14.9 Å². The zero-order valence-corrected chi connectivity index (χ0v) is 17.4. The van der Waals surface area contributed by atoms with Crippen molar-refractivity contribution >= 4 is 54.9 Å². The maximum atomic E-state index is 9.92. The van der Waals surface area contributed by atoms with E-state index in [1.807, 2.05) is 30.3 Å². The van der Waals surface area contributed by atoms with E-state index < -0.39 is 0 Å². The predicted octanol–water partition coefficient (Wildman–Crippen LogP) is 7.57. The number of fused-ring (bicyclic) bond motifs is 7.